The van der Waals surface area contributed by atoms with Gasteiger partial charge in [-0.1, -0.05) is 19.3 Å². The average Bonchev–Trinajstić information content (AvgIpc) is 2.90. The summed E-state index contributed by atoms with van der Waals surface area (Å²) in [7, 11) is 0. The standard InChI is InChI=1S/C26H31N5O5.CH4/c1-17(32)24(26(35)31-36)30-25(34)20-10-6-18(7-11-20)4-5-19-8-12-21(13-9-19)29-23(33)16-28-22-3-2-14-27-15-22;/h6-13,17,22,24,27-28,32,36H,2-3,14-16H2,1H3,(H,29,33)(H,30,34)(H,31,35);1H4/t17-,22?,24+;/m1./s1. The van der Waals surface area contributed by atoms with Gasteiger partial charge >= 0.3 is 0 Å². The molecule has 10 heteroatoms. The Kier molecular flexibility index (Phi) is 11.7. The van der Waals surface area contributed by atoms with Crippen LogP contribution in [0.4, 0.5) is 5.69 Å². The second-order valence-electron chi connectivity index (χ2n) is 8.54. The molecule has 1 fully saturated rings. The number of aliphatic hydroxyl groups excluding tert-OH is 1. The zero-order valence-electron chi connectivity index (χ0n) is 20.0. The van der Waals surface area contributed by atoms with Crippen LogP contribution in [0.3, 0.4) is 0 Å². The molecule has 0 bridgehead atoms. The zero-order chi connectivity index (χ0) is 25.9. The third kappa shape index (κ3) is 9.33. The second-order valence-corrected chi connectivity index (χ2v) is 8.54. The molecule has 0 aromatic heterocycles. The van der Waals surface area contributed by atoms with E-state index in [2.05, 4.69) is 33.1 Å². The number of carbonyl (C=O) groups excluding carboxylic acids is 3. The molecule has 10 nitrogen and oxygen atoms in total. The number of carbonyl (C=O) groups is 3. The highest BCUT2D eigenvalue weighted by Crippen LogP contribution is 2.10. The maximum absolute atomic E-state index is 12.3. The predicted octanol–water partition coefficient (Wildman–Crippen LogP) is 0.987. The molecule has 0 aliphatic carbocycles. The summed E-state index contributed by atoms with van der Waals surface area (Å²) in [5.74, 6) is 4.45. The summed E-state index contributed by atoms with van der Waals surface area (Å²) in [6.45, 7) is 3.49. The number of hydrogen-bond donors (Lipinski definition) is 7. The lowest BCUT2D eigenvalue weighted by Gasteiger charge is -2.23. The van der Waals surface area contributed by atoms with Gasteiger partial charge in [-0.25, -0.2) is 5.48 Å². The summed E-state index contributed by atoms with van der Waals surface area (Å²) >= 11 is 0. The Labute approximate surface area is 217 Å². The van der Waals surface area contributed by atoms with Gasteiger partial charge in [0.25, 0.3) is 11.8 Å². The van der Waals surface area contributed by atoms with Gasteiger partial charge in [0, 0.05) is 35.0 Å². The van der Waals surface area contributed by atoms with Crippen molar-refractivity contribution in [1.29, 1.82) is 0 Å². The lowest BCUT2D eigenvalue weighted by Crippen LogP contribution is -2.51. The zero-order valence-corrected chi connectivity index (χ0v) is 20.0. The Bertz CT molecular complexity index is 1100. The third-order valence-electron chi connectivity index (χ3n) is 5.68. The lowest BCUT2D eigenvalue weighted by atomic mass is 10.1. The molecule has 0 radical (unpaired) electrons. The summed E-state index contributed by atoms with van der Waals surface area (Å²) in [5.41, 5.74) is 3.81. The van der Waals surface area contributed by atoms with Gasteiger partial charge < -0.3 is 26.4 Å². The van der Waals surface area contributed by atoms with Gasteiger partial charge in [0.1, 0.15) is 6.04 Å². The van der Waals surface area contributed by atoms with Crippen LogP contribution in [0, 0.1) is 11.8 Å². The monoisotopic (exact) mass is 509 g/mol. The maximum atomic E-state index is 12.3. The van der Waals surface area contributed by atoms with Crippen molar-refractivity contribution in [1.82, 2.24) is 21.4 Å². The van der Waals surface area contributed by atoms with Crippen LogP contribution in [0.25, 0.3) is 0 Å². The van der Waals surface area contributed by atoms with Crippen molar-refractivity contribution < 1.29 is 24.7 Å². The highest BCUT2D eigenvalue weighted by Gasteiger charge is 2.25. The molecule has 3 amide bonds. The molecule has 1 unspecified atom stereocenters. The van der Waals surface area contributed by atoms with Crippen LogP contribution < -0.4 is 26.7 Å². The SMILES string of the molecule is C.C[C@@H](O)[C@H](NC(=O)c1ccc(C#Cc2ccc(NC(=O)CNC3CCCNC3)cc2)cc1)C(=O)NO. The van der Waals surface area contributed by atoms with E-state index >= 15 is 0 Å². The highest BCUT2D eigenvalue weighted by atomic mass is 16.5. The fourth-order valence-corrected chi connectivity index (χ4v) is 3.65. The van der Waals surface area contributed by atoms with Gasteiger partial charge in [0.05, 0.1) is 12.6 Å². The van der Waals surface area contributed by atoms with Gasteiger partial charge in [0.2, 0.25) is 5.91 Å². The predicted molar refractivity (Wildman–Crippen MR) is 141 cm³/mol. The number of rotatable bonds is 8. The Morgan fingerprint density at radius 3 is 2.22 bits per heavy atom. The molecule has 1 saturated heterocycles. The van der Waals surface area contributed by atoms with E-state index in [-0.39, 0.29) is 25.4 Å². The Morgan fingerprint density at radius 2 is 1.68 bits per heavy atom. The molecule has 37 heavy (non-hydrogen) atoms. The highest BCUT2D eigenvalue weighted by molar-refractivity contribution is 5.97. The van der Waals surface area contributed by atoms with Gasteiger partial charge in [0.15, 0.2) is 0 Å². The van der Waals surface area contributed by atoms with E-state index in [4.69, 9.17) is 5.21 Å². The van der Waals surface area contributed by atoms with Crippen LogP contribution in [0.5, 0.6) is 0 Å². The van der Waals surface area contributed by atoms with Crippen molar-refractivity contribution in [2.45, 2.75) is 45.4 Å². The van der Waals surface area contributed by atoms with E-state index in [0.717, 1.165) is 31.5 Å². The molecule has 1 aliphatic heterocycles. The molecule has 198 valence electrons. The number of aliphatic hydroxyl groups is 1. The quantitative estimate of drug-likeness (QED) is 0.159. The molecule has 2 aromatic rings. The van der Waals surface area contributed by atoms with Crippen molar-refractivity contribution in [3.05, 3.63) is 65.2 Å². The minimum absolute atomic E-state index is 0. The fraction of sp³-hybridized carbons (Fsp3) is 0.370. The molecule has 3 rings (SSSR count). The summed E-state index contributed by atoms with van der Waals surface area (Å²) in [6.07, 6.45) is 0.981. The van der Waals surface area contributed by atoms with Crippen LogP contribution >= 0.6 is 0 Å². The van der Waals surface area contributed by atoms with Gasteiger partial charge in [-0.05, 0) is 74.8 Å². The van der Waals surface area contributed by atoms with Crippen molar-refractivity contribution in [3.8, 4) is 11.8 Å². The van der Waals surface area contributed by atoms with Gasteiger partial charge in [-0.15, -0.1) is 0 Å². The molecule has 3 atom stereocenters. The maximum Gasteiger partial charge on any atom is 0.268 e. The smallest absolute Gasteiger partial charge is 0.268 e. The van der Waals surface area contributed by atoms with Crippen LogP contribution in [-0.2, 0) is 9.59 Å². The second kappa shape index (κ2) is 14.7. The Morgan fingerprint density at radius 1 is 1.05 bits per heavy atom. The minimum Gasteiger partial charge on any atom is -0.391 e. The number of benzene rings is 2. The van der Waals surface area contributed by atoms with E-state index < -0.39 is 24.0 Å². The van der Waals surface area contributed by atoms with Crippen molar-refractivity contribution in [3.63, 3.8) is 0 Å². The molecule has 1 aliphatic rings. The summed E-state index contributed by atoms with van der Waals surface area (Å²) in [5, 5.41) is 30.2. The van der Waals surface area contributed by atoms with E-state index in [1.54, 1.807) is 36.4 Å². The third-order valence-corrected chi connectivity index (χ3v) is 5.68. The van der Waals surface area contributed by atoms with E-state index in [9.17, 15) is 19.5 Å². The van der Waals surface area contributed by atoms with Gasteiger partial charge in [-0.3, -0.25) is 19.6 Å². The number of hydroxylamine groups is 1. The topological polar surface area (TPSA) is 152 Å². The van der Waals surface area contributed by atoms with E-state index in [1.165, 1.54) is 12.4 Å². The molecule has 1 heterocycles. The molecule has 7 N–H and O–H groups in total. The van der Waals surface area contributed by atoms with Crippen molar-refractivity contribution in [2.24, 2.45) is 0 Å². The number of piperidine rings is 1. The Hall–Kier alpha value is -3.75. The van der Waals surface area contributed by atoms with E-state index in [0.29, 0.717) is 17.3 Å². The number of nitrogens with one attached hydrogen (secondary N) is 5. The molecular formula is C27H35N5O5. The largest absolute Gasteiger partial charge is 0.391 e. The lowest BCUT2D eigenvalue weighted by molar-refractivity contribution is -0.133. The summed E-state index contributed by atoms with van der Waals surface area (Å²) in [6, 6.07) is 12.6. The molecule has 2 aromatic carbocycles. The fourth-order valence-electron chi connectivity index (χ4n) is 3.65. The number of amides is 3. The van der Waals surface area contributed by atoms with Crippen LogP contribution in [0.1, 0.15) is 48.7 Å². The number of hydrogen-bond acceptors (Lipinski definition) is 7. The van der Waals surface area contributed by atoms with Crippen molar-refractivity contribution >= 4 is 23.4 Å². The average molecular weight is 510 g/mol. The first-order chi connectivity index (χ1) is 17.4. The first-order valence-corrected chi connectivity index (χ1v) is 11.7. The molecule has 0 spiro atoms. The molecule has 0 saturated carbocycles. The van der Waals surface area contributed by atoms with E-state index in [1.807, 2.05) is 12.1 Å². The Balaban J connectivity index is 0.00000481. The van der Waals surface area contributed by atoms with Crippen LogP contribution in [-0.4, -0.2) is 65.9 Å². The summed E-state index contributed by atoms with van der Waals surface area (Å²) in [4.78, 5) is 36.1. The number of anilines is 1. The van der Waals surface area contributed by atoms with Crippen LogP contribution in [0.15, 0.2) is 48.5 Å². The van der Waals surface area contributed by atoms with Crippen LogP contribution in [0.2, 0.25) is 0 Å². The van der Waals surface area contributed by atoms with Gasteiger partial charge in [-0.2, -0.15) is 0 Å². The molecular weight excluding hydrogens is 474 g/mol. The normalized spacial score (nSPS) is 16.1. The summed E-state index contributed by atoms with van der Waals surface area (Å²) < 4.78 is 0. The van der Waals surface area contributed by atoms with Crippen molar-refractivity contribution in [2.75, 3.05) is 25.0 Å². The first-order valence-electron chi connectivity index (χ1n) is 11.7. The minimum atomic E-state index is -1.29. The first kappa shape index (κ1) is 29.5.